The third-order valence-electron chi connectivity index (χ3n) is 4.77. The molecule has 0 radical (unpaired) electrons. The van der Waals surface area contributed by atoms with Crippen molar-refractivity contribution in [3.05, 3.63) is 53.9 Å². The summed E-state index contributed by atoms with van der Waals surface area (Å²) in [6.45, 7) is 7.27. The van der Waals surface area contributed by atoms with Crippen LogP contribution < -0.4 is 16.0 Å². The van der Waals surface area contributed by atoms with Gasteiger partial charge in [0.25, 0.3) is 10.1 Å². The summed E-state index contributed by atoms with van der Waals surface area (Å²) in [5.41, 5.74) is 4.33. The molecule has 1 aromatic heterocycles. The zero-order valence-electron chi connectivity index (χ0n) is 17.6. The fourth-order valence-corrected chi connectivity index (χ4v) is 3.38. The molecule has 4 N–H and O–H groups in total. The van der Waals surface area contributed by atoms with E-state index in [0.717, 1.165) is 22.3 Å². The summed E-state index contributed by atoms with van der Waals surface area (Å²) in [7, 11) is -4.07. The quantitative estimate of drug-likeness (QED) is 0.337. The summed E-state index contributed by atoms with van der Waals surface area (Å²) in [5, 5.41) is 8.55. The maximum atomic E-state index is 11.6. The number of aryl methyl sites for hydroxylation is 1. The lowest BCUT2D eigenvalue weighted by atomic mass is 9.90. The van der Waals surface area contributed by atoms with E-state index in [9.17, 15) is 13.2 Å². The van der Waals surface area contributed by atoms with Gasteiger partial charge in [0.05, 0.1) is 5.75 Å². The predicted molar refractivity (Wildman–Crippen MR) is 118 cm³/mol. The number of urea groups is 1. The summed E-state index contributed by atoms with van der Waals surface area (Å²) < 4.78 is 29.9. The average Bonchev–Trinajstić information content (AvgIpc) is 2.67. The Bertz CT molecular complexity index is 961. The van der Waals surface area contributed by atoms with Crippen molar-refractivity contribution in [2.75, 3.05) is 25.4 Å². The van der Waals surface area contributed by atoms with Crippen LogP contribution in [0, 0.1) is 6.92 Å². The van der Waals surface area contributed by atoms with Gasteiger partial charge >= 0.3 is 6.03 Å². The third kappa shape index (κ3) is 7.74. The Hall–Kier alpha value is -2.49. The molecule has 164 valence electrons. The fourth-order valence-electron chi connectivity index (χ4n) is 3.02. The summed E-state index contributed by atoms with van der Waals surface area (Å²) in [6, 6.07) is 9.96. The van der Waals surface area contributed by atoms with Crippen molar-refractivity contribution in [1.29, 1.82) is 0 Å². The van der Waals surface area contributed by atoms with Gasteiger partial charge in [-0.05, 0) is 68.1 Å². The Balaban J connectivity index is 1.81. The van der Waals surface area contributed by atoms with Crippen LogP contribution in [-0.2, 0) is 15.7 Å². The van der Waals surface area contributed by atoms with Crippen LogP contribution in [0.3, 0.4) is 0 Å². The van der Waals surface area contributed by atoms with E-state index in [4.69, 9.17) is 4.55 Å². The van der Waals surface area contributed by atoms with Gasteiger partial charge in [0.1, 0.15) is 0 Å². The number of nitrogens with one attached hydrogen (secondary N) is 3. The molecule has 0 aliphatic heterocycles. The zero-order chi connectivity index (χ0) is 22.2. The largest absolute Gasteiger partial charge is 0.338 e. The highest BCUT2D eigenvalue weighted by molar-refractivity contribution is 7.85. The van der Waals surface area contributed by atoms with Crippen molar-refractivity contribution >= 4 is 16.1 Å². The van der Waals surface area contributed by atoms with Gasteiger partial charge in [0, 0.05) is 31.0 Å². The fraction of sp³-hybridized carbons (Fsp3) is 0.429. The number of aromatic nitrogens is 1. The molecule has 1 aromatic carbocycles. The number of hydrogen-bond donors (Lipinski definition) is 4. The zero-order valence-corrected chi connectivity index (χ0v) is 18.4. The van der Waals surface area contributed by atoms with E-state index in [2.05, 4.69) is 53.0 Å². The van der Waals surface area contributed by atoms with E-state index in [1.165, 1.54) is 0 Å². The molecule has 0 fully saturated rings. The normalized spacial score (nSPS) is 11.9. The van der Waals surface area contributed by atoms with Gasteiger partial charge < -0.3 is 16.0 Å². The standard InChI is InChI=1S/C21H30N4O4S/c1-16-15-22-11-8-19(16)17-6-4-7-18(14-17)21(2,3)25-10-5-9-23-20(26)24-12-13-30(27,28)29/h4,6-8,11,14-15,25H,5,9-10,12-13H2,1-3H3,(H2,23,24,26)(H,27,28,29). The maximum Gasteiger partial charge on any atom is 0.314 e. The number of carbonyl (C=O) groups is 1. The van der Waals surface area contributed by atoms with Crippen molar-refractivity contribution in [1.82, 2.24) is 20.9 Å². The number of nitrogens with zero attached hydrogens (tertiary/aromatic N) is 1. The predicted octanol–water partition coefficient (Wildman–Crippen LogP) is 2.46. The van der Waals surface area contributed by atoms with Gasteiger partial charge in [-0.3, -0.25) is 9.54 Å². The number of pyridine rings is 1. The minimum Gasteiger partial charge on any atom is -0.338 e. The molecule has 0 saturated heterocycles. The second kappa shape index (κ2) is 10.5. The summed E-state index contributed by atoms with van der Waals surface area (Å²) in [4.78, 5) is 15.7. The molecule has 30 heavy (non-hydrogen) atoms. The van der Waals surface area contributed by atoms with E-state index >= 15 is 0 Å². The van der Waals surface area contributed by atoms with Crippen molar-refractivity contribution in [2.24, 2.45) is 0 Å². The average molecular weight is 435 g/mol. The SMILES string of the molecule is Cc1cnccc1-c1cccc(C(C)(C)NCCCNC(=O)NCCS(=O)(=O)O)c1. The summed E-state index contributed by atoms with van der Waals surface area (Å²) in [5.74, 6) is -0.506. The maximum absolute atomic E-state index is 11.6. The molecule has 2 aromatic rings. The lowest BCUT2D eigenvalue weighted by Gasteiger charge is -2.28. The molecule has 2 amide bonds. The summed E-state index contributed by atoms with van der Waals surface area (Å²) in [6.07, 6.45) is 4.36. The van der Waals surface area contributed by atoms with Crippen LogP contribution in [-0.4, -0.2) is 49.4 Å². The number of amides is 2. The van der Waals surface area contributed by atoms with Crippen LogP contribution in [0.5, 0.6) is 0 Å². The Labute approximate surface area is 178 Å². The molecular weight excluding hydrogens is 404 g/mol. The first-order valence-corrected chi connectivity index (χ1v) is 11.4. The number of benzene rings is 1. The molecule has 0 saturated carbocycles. The Morgan fingerprint density at radius 3 is 2.57 bits per heavy atom. The van der Waals surface area contributed by atoms with Gasteiger partial charge in [0.15, 0.2) is 0 Å². The van der Waals surface area contributed by atoms with E-state index < -0.39 is 21.9 Å². The first-order valence-electron chi connectivity index (χ1n) is 9.82. The lowest BCUT2D eigenvalue weighted by Crippen LogP contribution is -2.41. The van der Waals surface area contributed by atoms with Crippen LogP contribution in [0.25, 0.3) is 11.1 Å². The first kappa shape index (κ1) is 23.8. The smallest absolute Gasteiger partial charge is 0.314 e. The Morgan fingerprint density at radius 1 is 1.13 bits per heavy atom. The molecule has 0 atom stereocenters. The van der Waals surface area contributed by atoms with Gasteiger partial charge in [-0.1, -0.05) is 18.2 Å². The molecule has 1 heterocycles. The van der Waals surface area contributed by atoms with Crippen molar-refractivity contribution < 1.29 is 17.8 Å². The molecule has 2 rings (SSSR count). The van der Waals surface area contributed by atoms with Gasteiger partial charge in [-0.15, -0.1) is 0 Å². The van der Waals surface area contributed by atoms with Crippen molar-refractivity contribution in [2.45, 2.75) is 32.7 Å². The number of carbonyl (C=O) groups excluding carboxylic acids is 1. The van der Waals surface area contributed by atoms with Crippen LogP contribution in [0.4, 0.5) is 4.79 Å². The molecule has 0 unspecified atom stereocenters. The topological polar surface area (TPSA) is 120 Å². The minimum absolute atomic E-state index is 0.136. The minimum atomic E-state index is -4.07. The molecule has 0 aliphatic rings. The van der Waals surface area contributed by atoms with Crippen LogP contribution >= 0.6 is 0 Å². The molecule has 0 spiro atoms. The highest BCUT2D eigenvalue weighted by Gasteiger charge is 2.20. The van der Waals surface area contributed by atoms with Crippen molar-refractivity contribution in [3.63, 3.8) is 0 Å². The van der Waals surface area contributed by atoms with E-state index in [0.29, 0.717) is 19.5 Å². The highest BCUT2D eigenvalue weighted by Crippen LogP contribution is 2.27. The van der Waals surface area contributed by atoms with Gasteiger partial charge in [-0.2, -0.15) is 8.42 Å². The lowest BCUT2D eigenvalue weighted by molar-refractivity contribution is 0.241. The second-order valence-electron chi connectivity index (χ2n) is 7.65. The molecule has 0 bridgehead atoms. The number of hydrogen-bond acceptors (Lipinski definition) is 5. The summed E-state index contributed by atoms with van der Waals surface area (Å²) >= 11 is 0. The third-order valence-corrected chi connectivity index (χ3v) is 5.49. The molecule has 8 nitrogen and oxygen atoms in total. The van der Waals surface area contributed by atoms with Crippen LogP contribution in [0.1, 0.15) is 31.4 Å². The van der Waals surface area contributed by atoms with Crippen LogP contribution in [0.2, 0.25) is 0 Å². The Morgan fingerprint density at radius 2 is 1.87 bits per heavy atom. The first-order chi connectivity index (χ1) is 14.1. The van der Waals surface area contributed by atoms with E-state index in [-0.39, 0.29) is 12.1 Å². The number of rotatable bonds is 10. The van der Waals surface area contributed by atoms with Crippen molar-refractivity contribution in [3.8, 4) is 11.1 Å². The molecular formula is C21H30N4O4S. The van der Waals surface area contributed by atoms with Gasteiger partial charge in [-0.25, -0.2) is 4.79 Å². The van der Waals surface area contributed by atoms with E-state index in [1.807, 2.05) is 25.3 Å². The molecule has 9 heteroatoms. The van der Waals surface area contributed by atoms with E-state index in [1.54, 1.807) is 6.20 Å². The second-order valence-corrected chi connectivity index (χ2v) is 9.22. The van der Waals surface area contributed by atoms with Crippen LogP contribution in [0.15, 0.2) is 42.7 Å². The highest BCUT2D eigenvalue weighted by atomic mass is 32.2. The molecule has 0 aliphatic carbocycles. The Kier molecular flexibility index (Phi) is 8.33. The monoisotopic (exact) mass is 434 g/mol. The van der Waals surface area contributed by atoms with Gasteiger partial charge in [0.2, 0.25) is 0 Å².